The van der Waals surface area contributed by atoms with Crippen LogP contribution in [0.5, 0.6) is 0 Å². The summed E-state index contributed by atoms with van der Waals surface area (Å²) in [4.78, 5) is 13.7. The molecule has 16 heavy (non-hydrogen) atoms. The number of carbonyl (C=O) groups is 1. The van der Waals surface area contributed by atoms with Crippen LogP contribution < -0.4 is 0 Å². The van der Waals surface area contributed by atoms with Crippen LogP contribution in [0.15, 0.2) is 0 Å². The van der Waals surface area contributed by atoms with Crippen molar-refractivity contribution in [3.05, 3.63) is 0 Å². The molecule has 96 valence electrons. The molecule has 0 amide bonds. The summed E-state index contributed by atoms with van der Waals surface area (Å²) in [6.07, 6.45) is 5.55. The summed E-state index contributed by atoms with van der Waals surface area (Å²) in [5, 5.41) is 0. The molecular weight excluding hydrogens is 198 g/mol. The Bertz CT molecular complexity index is 187. The van der Waals surface area contributed by atoms with E-state index in [0.29, 0.717) is 11.8 Å². The lowest BCUT2D eigenvalue weighted by molar-refractivity contribution is -0.122. The average Bonchev–Trinajstić information content (AvgIpc) is 2.21. The molecule has 0 aromatic heterocycles. The number of nitrogens with zero attached hydrogens (tertiary/aromatic N) is 1. The molecule has 0 saturated carbocycles. The molecule has 0 radical (unpaired) electrons. The maximum absolute atomic E-state index is 11.4. The van der Waals surface area contributed by atoms with Gasteiger partial charge in [0.15, 0.2) is 0 Å². The maximum atomic E-state index is 11.4. The number of unbranched alkanes of at least 4 members (excludes halogenated alkanes) is 3. The number of rotatable bonds is 9. The standard InChI is InChI=1S/C14H29NO/c1-12(2)14(16)10-8-6-7-9-11-15(5)13(3)4/h12-13H,6-11H2,1-5H3. The number of hydrogen-bond acceptors (Lipinski definition) is 2. The first-order valence-corrected chi connectivity index (χ1v) is 6.68. The quantitative estimate of drug-likeness (QED) is 0.562. The van der Waals surface area contributed by atoms with Crippen molar-refractivity contribution in [1.82, 2.24) is 4.90 Å². The molecule has 0 aliphatic carbocycles. The molecule has 0 spiro atoms. The van der Waals surface area contributed by atoms with Crippen LogP contribution in [0.2, 0.25) is 0 Å². The highest BCUT2D eigenvalue weighted by Crippen LogP contribution is 2.08. The second kappa shape index (κ2) is 8.74. The van der Waals surface area contributed by atoms with Crippen molar-refractivity contribution in [3.63, 3.8) is 0 Å². The Labute approximate surface area is 101 Å². The summed E-state index contributed by atoms with van der Waals surface area (Å²) < 4.78 is 0. The van der Waals surface area contributed by atoms with Crippen molar-refractivity contribution in [1.29, 1.82) is 0 Å². The summed E-state index contributed by atoms with van der Waals surface area (Å²) in [7, 11) is 2.17. The van der Waals surface area contributed by atoms with Crippen LogP contribution in [-0.4, -0.2) is 30.3 Å². The highest BCUT2D eigenvalue weighted by molar-refractivity contribution is 5.80. The number of Topliss-reactive ketones (excluding diaryl/α,β-unsaturated/α-hetero) is 1. The fourth-order valence-corrected chi connectivity index (χ4v) is 1.56. The van der Waals surface area contributed by atoms with E-state index in [1.165, 1.54) is 25.8 Å². The molecule has 0 saturated heterocycles. The lowest BCUT2D eigenvalue weighted by atomic mass is 10.0. The lowest BCUT2D eigenvalue weighted by Crippen LogP contribution is -2.27. The lowest BCUT2D eigenvalue weighted by Gasteiger charge is -2.20. The largest absolute Gasteiger partial charge is 0.304 e. The van der Waals surface area contributed by atoms with Gasteiger partial charge in [0, 0.05) is 18.4 Å². The number of hydrogen-bond donors (Lipinski definition) is 0. The SMILES string of the molecule is CC(C)C(=O)CCCCCCN(C)C(C)C. The topological polar surface area (TPSA) is 20.3 Å². The van der Waals surface area contributed by atoms with E-state index in [0.717, 1.165) is 12.8 Å². The summed E-state index contributed by atoms with van der Waals surface area (Å²) in [5.74, 6) is 0.631. The van der Waals surface area contributed by atoms with E-state index < -0.39 is 0 Å². The monoisotopic (exact) mass is 227 g/mol. The van der Waals surface area contributed by atoms with Crippen LogP contribution in [0.3, 0.4) is 0 Å². The van der Waals surface area contributed by atoms with Gasteiger partial charge in [-0.1, -0.05) is 26.7 Å². The van der Waals surface area contributed by atoms with Gasteiger partial charge in [-0.25, -0.2) is 0 Å². The van der Waals surface area contributed by atoms with Crippen LogP contribution >= 0.6 is 0 Å². The second-order valence-electron chi connectivity index (χ2n) is 5.36. The van der Waals surface area contributed by atoms with Crippen LogP contribution in [-0.2, 0) is 4.79 Å². The Balaban J connectivity index is 3.31. The van der Waals surface area contributed by atoms with Gasteiger partial charge in [0.1, 0.15) is 5.78 Å². The van der Waals surface area contributed by atoms with Crippen LogP contribution in [0.25, 0.3) is 0 Å². The van der Waals surface area contributed by atoms with E-state index in [-0.39, 0.29) is 5.92 Å². The maximum Gasteiger partial charge on any atom is 0.135 e. The Morgan fingerprint density at radius 3 is 2.06 bits per heavy atom. The van der Waals surface area contributed by atoms with Crippen molar-refractivity contribution in [2.45, 2.75) is 65.8 Å². The summed E-state index contributed by atoms with van der Waals surface area (Å²) in [6.45, 7) is 9.60. The van der Waals surface area contributed by atoms with E-state index in [9.17, 15) is 4.79 Å². The molecule has 0 aliphatic heterocycles. The van der Waals surface area contributed by atoms with E-state index in [1.54, 1.807) is 0 Å². The van der Waals surface area contributed by atoms with Gasteiger partial charge in [-0.2, -0.15) is 0 Å². The van der Waals surface area contributed by atoms with Crippen molar-refractivity contribution in [2.24, 2.45) is 5.92 Å². The smallest absolute Gasteiger partial charge is 0.135 e. The zero-order chi connectivity index (χ0) is 12.6. The third kappa shape index (κ3) is 7.86. The second-order valence-corrected chi connectivity index (χ2v) is 5.36. The van der Waals surface area contributed by atoms with E-state index >= 15 is 0 Å². The molecule has 0 unspecified atom stereocenters. The molecular formula is C14H29NO. The molecule has 0 fully saturated rings. The third-order valence-corrected chi connectivity index (χ3v) is 3.21. The summed E-state index contributed by atoms with van der Waals surface area (Å²) in [6, 6.07) is 0.641. The van der Waals surface area contributed by atoms with E-state index in [4.69, 9.17) is 0 Å². The van der Waals surface area contributed by atoms with Crippen molar-refractivity contribution < 1.29 is 4.79 Å². The Kier molecular flexibility index (Phi) is 8.54. The average molecular weight is 227 g/mol. The zero-order valence-electron chi connectivity index (χ0n) is 11.8. The van der Waals surface area contributed by atoms with Gasteiger partial charge in [-0.05, 0) is 40.3 Å². The fourth-order valence-electron chi connectivity index (χ4n) is 1.56. The molecule has 2 nitrogen and oxygen atoms in total. The molecule has 0 N–H and O–H groups in total. The van der Waals surface area contributed by atoms with Crippen LogP contribution in [0, 0.1) is 5.92 Å². The molecule has 0 heterocycles. The van der Waals surface area contributed by atoms with Gasteiger partial charge in [-0.3, -0.25) is 4.79 Å². The first kappa shape index (κ1) is 15.6. The number of carbonyl (C=O) groups excluding carboxylic acids is 1. The first-order valence-electron chi connectivity index (χ1n) is 6.68. The Morgan fingerprint density at radius 1 is 1.00 bits per heavy atom. The fraction of sp³-hybridized carbons (Fsp3) is 0.929. The van der Waals surface area contributed by atoms with Gasteiger partial charge in [0.2, 0.25) is 0 Å². The van der Waals surface area contributed by atoms with Gasteiger partial charge in [-0.15, -0.1) is 0 Å². The predicted octanol–water partition coefficient (Wildman–Crippen LogP) is 3.50. The molecule has 0 rings (SSSR count). The summed E-state index contributed by atoms with van der Waals surface area (Å²) >= 11 is 0. The van der Waals surface area contributed by atoms with E-state index in [1.807, 2.05) is 13.8 Å². The van der Waals surface area contributed by atoms with Crippen LogP contribution in [0.4, 0.5) is 0 Å². The molecule has 0 atom stereocenters. The first-order chi connectivity index (χ1) is 7.45. The van der Waals surface area contributed by atoms with Gasteiger partial charge >= 0.3 is 0 Å². The van der Waals surface area contributed by atoms with E-state index in [2.05, 4.69) is 25.8 Å². The zero-order valence-corrected chi connectivity index (χ0v) is 11.8. The minimum Gasteiger partial charge on any atom is -0.304 e. The van der Waals surface area contributed by atoms with Gasteiger partial charge in [0.05, 0.1) is 0 Å². The summed E-state index contributed by atoms with van der Waals surface area (Å²) in [5.41, 5.74) is 0. The molecule has 2 heteroatoms. The third-order valence-electron chi connectivity index (χ3n) is 3.21. The van der Waals surface area contributed by atoms with Crippen LogP contribution in [0.1, 0.15) is 59.8 Å². The van der Waals surface area contributed by atoms with Crippen molar-refractivity contribution in [3.8, 4) is 0 Å². The highest BCUT2D eigenvalue weighted by atomic mass is 16.1. The van der Waals surface area contributed by atoms with Gasteiger partial charge in [0.25, 0.3) is 0 Å². The molecule has 0 aromatic rings. The minimum atomic E-state index is 0.215. The molecule has 0 aliphatic rings. The Morgan fingerprint density at radius 2 is 1.56 bits per heavy atom. The molecule has 0 aromatic carbocycles. The van der Waals surface area contributed by atoms with Gasteiger partial charge < -0.3 is 4.90 Å². The number of ketones is 1. The Hall–Kier alpha value is -0.370. The van der Waals surface area contributed by atoms with Crippen molar-refractivity contribution >= 4 is 5.78 Å². The normalized spacial score (nSPS) is 11.8. The predicted molar refractivity (Wildman–Crippen MR) is 70.7 cm³/mol. The minimum absolute atomic E-state index is 0.215. The highest BCUT2D eigenvalue weighted by Gasteiger charge is 2.06. The van der Waals surface area contributed by atoms with Crippen molar-refractivity contribution in [2.75, 3.05) is 13.6 Å². The molecule has 0 bridgehead atoms.